The molecule has 0 amide bonds. The molecule has 10 heteroatoms. The maximum absolute atomic E-state index is 14.2. The van der Waals surface area contributed by atoms with Crippen molar-refractivity contribution in [3.05, 3.63) is 85.3 Å². The molecule has 1 aliphatic rings. The summed E-state index contributed by atoms with van der Waals surface area (Å²) in [6, 6.07) is 12.8. The number of halogens is 2. The molecule has 34 heavy (non-hydrogen) atoms. The predicted octanol–water partition coefficient (Wildman–Crippen LogP) is 3.97. The van der Waals surface area contributed by atoms with Crippen molar-refractivity contribution in [3.8, 4) is 6.07 Å². The number of primary sulfonamides is 1. The van der Waals surface area contributed by atoms with Crippen LogP contribution in [0.3, 0.4) is 0 Å². The van der Waals surface area contributed by atoms with Crippen LogP contribution in [0.4, 0.5) is 4.39 Å². The summed E-state index contributed by atoms with van der Waals surface area (Å²) in [6.07, 6.45) is 0.886. The lowest BCUT2D eigenvalue weighted by molar-refractivity contribution is -0.117. The van der Waals surface area contributed by atoms with Crippen molar-refractivity contribution in [1.82, 2.24) is 4.90 Å². The summed E-state index contributed by atoms with van der Waals surface area (Å²) in [4.78, 5) is 16.5. The Morgan fingerprint density at radius 3 is 2.59 bits per heavy atom. The Hall–Kier alpha value is -2.61. The summed E-state index contributed by atoms with van der Waals surface area (Å²) in [6.45, 7) is 1.59. The fraction of sp³-hybridized carbons (Fsp3) is 0.250. The van der Waals surface area contributed by atoms with Gasteiger partial charge >= 0.3 is 0 Å². The molecule has 0 fully saturated rings. The van der Waals surface area contributed by atoms with E-state index in [0.717, 1.165) is 15.3 Å². The number of carbonyl (C=O) groups excluding carboxylic acids is 1. The van der Waals surface area contributed by atoms with Crippen molar-refractivity contribution in [1.29, 1.82) is 5.26 Å². The quantitative estimate of drug-likeness (QED) is 0.510. The topological polar surface area (TPSA) is 104 Å². The number of rotatable bonds is 7. The van der Waals surface area contributed by atoms with Gasteiger partial charge in [-0.05, 0) is 41.8 Å². The van der Waals surface area contributed by atoms with Gasteiger partial charge in [-0.1, -0.05) is 29.8 Å². The lowest BCUT2D eigenvalue weighted by atomic mass is 9.99. The van der Waals surface area contributed by atoms with E-state index in [4.69, 9.17) is 16.7 Å². The summed E-state index contributed by atoms with van der Waals surface area (Å²) < 4.78 is 37.0. The zero-order valence-electron chi connectivity index (χ0n) is 18.1. The van der Waals surface area contributed by atoms with Crippen LogP contribution in [-0.4, -0.2) is 25.6 Å². The van der Waals surface area contributed by atoms with Gasteiger partial charge in [0, 0.05) is 52.8 Å². The van der Waals surface area contributed by atoms with Crippen LogP contribution in [0.1, 0.15) is 32.0 Å². The first-order valence-corrected chi connectivity index (χ1v) is 13.2. The van der Waals surface area contributed by atoms with Crippen LogP contribution in [-0.2, 0) is 47.2 Å². The van der Waals surface area contributed by atoms with Gasteiger partial charge in [-0.3, -0.25) is 9.69 Å². The van der Waals surface area contributed by atoms with Gasteiger partial charge in [-0.25, -0.2) is 17.9 Å². The Balaban J connectivity index is 1.46. The van der Waals surface area contributed by atoms with E-state index in [9.17, 15) is 22.9 Å². The van der Waals surface area contributed by atoms with E-state index in [1.54, 1.807) is 24.3 Å². The van der Waals surface area contributed by atoms with Crippen molar-refractivity contribution in [2.75, 3.05) is 6.54 Å². The maximum Gasteiger partial charge on any atom is 0.238 e. The first-order chi connectivity index (χ1) is 16.2. The van der Waals surface area contributed by atoms with E-state index in [1.165, 1.54) is 29.5 Å². The molecular formula is C24H21ClFN3O3S2. The summed E-state index contributed by atoms with van der Waals surface area (Å²) in [7, 11) is -3.79. The molecule has 0 spiro atoms. The van der Waals surface area contributed by atoms with Crippen molar-refractivity contribution >= 4 is 38.7 Å². The number of hydrogen-bond acceptors (Lipinski definition) is 6. The van der Waals surface area contributed by atoms with Gasteiger partial charge in [0.25, 0.3) is 0 Å². The smallest absolute Gasteiger partial charge is 0.238 e. The van der Waals surface area contributed by atoms with Gasteiger partial charge < -0.3 is 0 Å². The molecule has 2 aromatic carbocycles. The van der Waals surface area contributed by atoms with Crippen molar-refractivity contribution in [3.63, 3.8) is 0 Å². The number of Topliss-reactive ketones (excluding diaryl/α,β-unsaturated/α-hetero) is 1. The molecule has 0 radical (unpaired) electrons. The van der Waals surface area contributed by atoms with Gasteiger partial charge in [-0.2, -0.15) is 5.26 Å². The van der Waals surface area contributed by atoms with Crippen molar-refractivity contribution < 1.29 is 17.6 Å². The largest absolute Gasteiger partial charge is 0.299 e. The van der Waals surface area contributed by atoms with Crippen LogP contribution in [0.2, 0.25) is 5.02 Å². The van der Waals surface area contributed by atoms with Gasteiger partial charge in [0.2, 0.25) is 10.0 Å². The summed E-state index contributed by atoms with van der Waals surface area (Å²) in [5.41, 5.74) is 2.64. The standard InChI is InChI=1S/C24H21ClFN3O3S2/c25-21-2-1-3-22(26)20(21)13-29-9-8-18-19(12-27)23(33-24(18)14-29)11-16(30)10-15-4-6-17(7-5-15)34(28,31)32/h1-7H,8-11,13-14H2,(H2,28,31,32). The van der Waals surface area contributed by atoms with Crippen LogP contribution in [0, 0.1) is 17.1 Å². The summed E-state index contributed by atoms with van der Waals surface area (Å²) in [5, 5.41) is 15.2. The van der Waals surface area contributed by atoms with E-state index in [1.807, 2.05) is 0 Å². The van der Waals surface area contributed by atoms with Crippen molar-refractivity contribution in [2.45, 2.75) is 37.2 Å². The highest BCUT2D eigenvalue weighted by molar-refractivity contribution is 7.89. The second kappa shape index (κ2) is 9.94. The molecule has 1 aromatic heterocycles. The third kappa shape index (κ3) is 5.37. The monoisotopic (exact) mass is 517 g/mol. The number of carbonyl (C=O) groups is 1. The Bertz CT molecular complexity index is 1380. The van der Waals surface area contributed by atoms with Crippen LogP contribution in [0.15, 0.2) is 47.4 Å². The maximum atomic E-state index is 14.2. The first-order valence-electron chi connectivity index (χ1n) is 10.5. The third-order valence-corrected chi connectivity index (χ3v) is 8.28. The zero-order valence-corrected chi connectivity index (χ0v) is 20.4. The number of thiophene rings is 1. The SMILES string of the molecule is N#Cc1c(CC(=O)Cc2ccc(S(N)(=O)=O)cc2)sc2c1CCN(Cc1c(F)cccc1Cl)C2. The van der Waals surface area contributed by atoms with Crippen LogP contribution >= 0.6 is 22.9 Å². The molecular weight excluding hydrogens is 497 g/mol. The fourth-order valence-corrected chi connectivity index (χ4v) is 6.19. The van der Waals surface area contributed by atoms with Gasteiger partial charge in [0.05, 0.1) is 10.5 Å². The Kier molecular flexibility index (Phi) is 7.17. The van der Waals surface area contributed by atoms with E-state index in [-0.39, 0.29) is 29.3 Å². The molecule has 0 unspecified atom stereocenters. The van der Waals surface area contributed by atoms with E-state index < -0.39 is 10.0 Å². The number of fused-ring (bicyclic) bond motifs is 1. The van der Waals surface area contributed by atoms with Crippen LogP contribution < -0.4 is 5.14 Å². The lowest BCUT2D eigenvalue weighted by Crippen LogP contribution is -2.29. The highest BCUT2D eigenvalue weighted by Gasteiger charge is 2.26. The fourth-order valence-electron chi connectivity index (χ4n) is 4.08. The second-order valence-electron chi connectivity index (χ2n) is 8.16. The Labute approximate surface area is 206 Å². The lowest BCUT2D eigenvalue weighted by Gasteiger charge is -2.27. The molecule has 176 valence electrons. The van der Waals surface area contributed by atoms with E-state index in [0.29, 0.717) is 47.8 Å². The molecule has 1 aliphatic heterocycles. The minimum absolute atomic E-state index is 0.0115. The highest BCUT2D eigenvalue weighted by atomic mass is 35.5. The number of nitrogens with two attached hydrogens (primary N) is 1. The van der Waals surface area contributed by atoms with Crippen molar-refractivity contribution in [2.24, 2.45) is 5.14 Å². The summed E-state index contributed by atoms with van der Waals surface area (Å²) in [5.74, 6) is -0.418. The Morgan fingerprint density at radius 2 is 1.94 bits per heavy atom. The second-order valence-corrected chi connectivity index (χ2v) is 11.3. The van der Waals surface area contributed by atoms with Gasteiger partial charge in [-0.15, -0.1) is 11.3 Å². The number of benzene rings is 2. The normalized spacial score (nSPS) is 13.9. The number of nitriles is 1. The predicted molar refractivity (Wildman–Crippen MR) is 128 cm³/mol. The average Bonchev–Trinajstić information content (AvgIpc) is 3.12. The first kappa shape index (κ1) is 24.5. The van der Waals surface area contributed by atoms with Gasteiger partial charge in [0.1, 0.15) is 17.7 Å². The number of ketones is 1. The molecule has 0 atom stereocenters. The Morgan fingerprint density at radius 1 is 1.21 bits per heavy atom. The van der Waals surface area contributed by atoms with E-state index >= 15 is 0 Å². The van der Waals surface area contributed by atoms with Crippen LogP contribution in [0.25, 0.3) is 0 Å². The highest BCUT2D eigenvalue weighted by Crippen LogP contribution is 2.34. The molecule has 2 N–H and O–H groups in total. The molecule has 2 heterocycles. The molecule has 4 rings (SSSR count). The minimum atomic E-state index is -3.79. The zero-order chi connectivity index (χ0) is 24.5. The summed E-state index contributed by atoms with van der Waals surface area (Å²) >= 11 is 7.62. The third-order valence-electron chi connectivity index (χ3n) is 5.77. The number of hydrogen-bond donors (Lipinski definition) is 1. The minimum Gasteiger partial charge on any atom is -0.299 e. The van der Waals surface area contributed by atoms with Crippen LogP contribution in [0.5, 0.6) is 0 Å². The molecule has 6 nitrogen and oxygen atoms in total. The number of nitrogens with zero attached hydrogens (tertiary/aromatic N) is 2. The number of sulfonamides is 1. The average molecular weight is 518 g/mol. The van der Waals surface area contributed by atoms with Gasteiger partial charge in [0.15, 0.2) is 0 Å². The molecule has 0 saturated carbocycles. The van der Waals surface area contributed by atoms with E-state index in [2.05, 4.69) is 11.0 Å². The molecule has 0 bridgehead atoms. The molecule has 0 saturated heterocycles. The molecule has 0 aliphatic carbocycles. The molecule has 3 aromatic rings.